The lowest BCUT2D eigenvalue weighted by molar-refractivity contribution is 0.00578. The smallest absolute Gasteiger partial charge is 0.399 e. The van der Waals surface area contributed by atoms with E-state index < -0.39 is 0 Å². The average molecular weight is 719 g/mol. The Balaban J connectivity index is 0.000000177. The summed E-state index contributed by atoms with van der Waals surface area (Å²) in [7, 11) is 3.86. The Hall–Kier alpha value is -1.21. The molecule has 2 aromatic rings. The van der Waals surface area contributed by atoms with Crippen LogP contribution in [0.15, 0.2) is 24.8 Å². The van der Waals surface area contributed by atoms with Crippen LogP contribution < -0.4 is 10.9 Å². The van der Waals surface area contributed by atoms with Crippen molar-refractivity contribution in [2.24, 2.45) is 0 Å². The van der Waals surface area contributed by atoms with Gasteiger partial charge in [-0.15, -0.1) is 0 Å². The number of halogens is 1. The molecule has 47 heavy (non-hydrogen) atoms. The molecule has 264 valence electrons. The van der Waals surface area contributed by atoms with E-state index in [2.05, 4.69) is 89.0 Å². The molecular weight excluding hydrogens is 658 g/mol. The molecule has 0 radical (unpaired) electrons. The number of likely N-dealkylation sites (tertiary alicyclic amines) is 2. The summed E-state index contributed by atoms with van der Waals surface area (Å²) in [6.45, 7) is 19.9. The molecule has 4 saturated heterocycles. The van der Waals surface area contributed by atoms with Gasteiger partial charge >= 0.3 is 14.2 Å². The zero-order chi connectivity index (χ0) is 34.5. The Morgan fingerprint density at radius 3 is 1.68 bits per heavy atom. The fraction of sp³-hybridized carbons (Fsp3) is 0.824. The van der Waals surface area contributed by atoms with Gasteiger partial charge in [-0.2, -0.15) is 10.2 Å². The second-order valence-electron chi connectivity index (χ2n) is 15.8. The van der Waals surface area contributed by atoms with E-state index >= 15 is 0 Å². The van der Waals surface area contributed by atoms with Crippen LogP contribution in [0.4, 0.5) is 0 Å². The van der Waals surface area contributed by atoms with Gasteiger partial charge in [-0.05, 0) is 121 Å². The van der Waals surface area contributed by atoms with Gasteiger partial charge < -0.3 is 28.4 Å². The molecular formula is C34H61B2BrN6O4. The van der Waals surface area contributed by atoms with Crippen molar-refractivity contribution >= 4 is 41.1 Å². The predicted octanol–water partition coefficient (Wildman–Crippen LogP) is 5.02. The second-order valence-corrected chi connectivity index (χ2v) is 16.6. The number of alkyl halides is 1. The van der Waals surface area contributed by atoms with E-state index in [0.29, 0.717) is 6.04 Å². The third kappa shape index (κ3) is 9.95. The summed E-state index contributed by atoms with van der Waals surface area (Å²) in [5.41, 5.74) is 0.781. The maximum absolute atomic E-state index is 6.09. The summed E-state index contributed by atoms with van der Waals surface area (Å²) < 4.78 is 25.9. The van der Waals surface area contributed by atoms with E-state index in [9.17, 15) is 0 Å². The molecule has 4 aliphatic rings. The maximum Gasteiger partial charge on any atom is 0.498 e. The number of piperidine rings is 2. The quantitative estimate of drug-likeness (QED) is 0.316. The zero-order valence-corrected chi connectivity index (χ0v) is 32.4. The highest BCUT2D eigenvalue weighted by atomic mass is 79.9. The Labute approximate surface area is 293 Å². The first-order chi connectivity index (χ1) is 22.0. The van der Waals surface area contributed by atoms with Crippen LogP contribution in [0.2, 0.25) is 0 Å². The van der Waals surface area contributed by atoms with Crippen molar-refractivity contribution in [1.29, 1.82) is 0 Å². The molecule has 2 unspecified atom stereocenters. The van der Waals surface area contributed by atoms with E-state index in [1.54, 1.807) is 12.4 Å². The minimum Gasteiger partial charge on any atom is -0.399 e. The highest BCUT2D eigenvalue weighted by Crippen LogP contribution is 2.37. The molecule has 6 rings (SSSR count). The standard InChI is InChI=1S/C17H30BN3O2.C9H15BN2O2.C8H16BrN/c1-16(2)17(3,4)23-18(22-16)14-12-19-21(13-14)11-9-15-8-6-7-10-20(15)5;1-8(2)9(3,4)14-10(13-8)7-5-11-12-6-7;1-10-7-3-2-4-8(10)5-6-9/h12-13,15H,6-11H2,1-5H3;5-6H,1-4H3,(H,11,12);8H,2-7H2,1H3. The van der Waals surface area contributed by atoms with Crippen LogP contribution in [0, 0.1) is 0 Å². The molecule has 10 nitrogen and oxygen atoms in total. The van der Waals surface area contributed by atoms with Gasteiger partial charge in [-0.25, -0.2) is 0 Å². The van der Waals surface area contributed by atoms with Gasteiger partial charge in [-0.3, -0.25) is 9.78 Å². The number of hydrogen-bond acceptors (Lipinski definition) is 8. The molecule has 4 fully saturated rings. The molecule has 0 saturated carbocycles. The van der Waals surface area contributed by atoms with Crippen molar-refractivity contribution < 1.29 is 18.6 Å². The van der Waals surface area contributed by atoms with Crippen molar-refractivity contribution in [3.8, 4) is 0 Å². The van der Waals surface area contributed by atoms with Crippen molar-refractivity contribution in [3.63, 3.8) is 0 Å². The van der Waals surface area contributed by atoms with E-state index in [0.717, 1.165) is 35.3 Å². The van der Waals surface area contributed by atoms with Crippen LogP contribution in [0.1, 0.15) is 107 Å². The number of H-pyrrole nitrogens is 1. The van der Waals surface area contributed by atoms with Gasteiger partial charge in [0.05, 0.1) is 22.4 Å². The molecule has 0 spiro atoms. The van der Waals surface area contributed by atoms with E-state index in [-0.39, 0.29) is 36.6 Å². The molecule has 0 aromatic carbocycles. The maximum atomic E-state index is 6.09. The Morgan fingerprint density at radius 2 is 1.23 bits per heavy atom. The van der Waals surface area contributed by atoms with Gasteiger partial charge in [0.15, 0.2) is 0 Å². The Kier molecular flexibility index (Phi) is 13.3. The lowest BCUT2D eigenvalue weighted by atomic mass is 9.82. The number of nitrogens with zero attached hydrogens (tertiary/aromatic N) is 5. The molecule has 6 heterocycles. The monoisotopic (exact) mass is 718 g/mol. The summed E-state index contributed by atoms with van der Waals surface area (Å²) in [6, 6.07) is 1.54. The predicted molar refractivity (Wildman–Crippen MR) is 196 cm³/mol. The van der Waals surface area contributed by atoms with Crippen molar-refractivity contribution in [2.75, 3.05) is 32.5 Å². The van der Waals surface area contributed by atoms with Gasteiger partial charge in [0.2, 0.25) is 0 Å². The van der Waals surface area contributed by atoms with Crippen LogP contribution in [0.5, 0.6) is 0 Å². The summed E-state index contributed by atoms with van der Waals surface area (Å²) in [4.78, 5) is 4.98. The van der Waals surface area contributed by atoms with Crippen LogP contribution >= 0.6 is 15.9 Å². The summed E-state index contributed by atoms with van der Waals surface area (Å²) in [5, 5.41) is 12.3. The van der Waals surface area contributed by atoms with Crippen LogP contribution in [-0.4, -0.2) is 111 Å². The Bertz CT molecular complexity index is 1190. The van der Waals surface area contributed by atoms with Crippen LogP contribution in [0.3, 0.4) is 0 Å². The molecule has 4 aliphatic heterocycles. The number of hydrogen-bond donors (Lipinski definition) is 1. The summed E-state index contributed by atoms with van der Waals surface area (Å²) >= 11 is 3.49. The molecule has 2 atom stereocenters. The van der Waals surface area contributed by atoms with Crippen molar-refractivity contribution in [3.05, 3.63) is 24.8 Å². The van der Waals surface area contributed by atoms with Gasteiger partial charge in [-0.1, -0.05) is 28.8 Å². The first kappa shape index (κ1) is 38.6. The number of aryl methyl sites for hydroxylation is 1. The normalized spacial score (nSPS) is 26.8. The summed E-state index contributed by atoms with van der Waals surface area (Å²) in [6.07, 6.45) is 18.2. The van der Waals surface area contributed by atoms with Crippen molar-refractivity contribution in [2.45, 2.75) is 148 Å². The number of nitrogens with one attached hydrogen (secondary N) is 1. The largest absolute Gasteiger partial charge is 0.498 e. The lowest BCUT2D eigenvalue weighted by Crippen LogP contribution is -2.41. The van der Waals surface area contributed by atoms with Crippen LogP contribution in [-0.2, 0) is 25.2 Å². The number of rotatable bonds is 7. The molecule has 0 amide bonds. The third-order valence-electron chi connectivity index (χ3n) is 11.2. The minimum atomic E-state index is -0.314. The third-order valence-corrected chi connectivity index (χ3v) is 11.7. The molecule has 1 N–H and O–H groups in total. The molecule has 0 aliphatic carbocycles. The highest BCUT2D eigenvalue weighted by Gasteiger charge is 2.53. The topological polar surface area (TPSA) is 89.9 Å². The molecule has 0 bridgehead atoms. The first-order valence-electron chi connectivity index (χ1n) is 17.7. The number of aromatic nitrogens is 4. The number of aromatic amines is 1. The van der Waals surface area contributed by atoms with Gasteiger partial charge in [0.1, 0.15) is 0 Å². The fourth-order valence-electron chi connectivity index (χ4n) is 6.40. The SMILES string of the molecule is CC1(C)OB(c2cn[nH]c2)OC1(C)C.CN1CCCCC1CCBr.CN1CCCCC1CCn1cc(B2OC(C)(C)C(C)(C)O2)cn1. The Morgan fingerprint density at radius 1 is 0.745 bits per heavy atom. The minimum absolute atomic E-state index is 0.283. The lowest BCUT2D eigenvalue weighted by Gasteiger charge is -2.32. The molecule has 2 aromatic heterocycles. The summed E-state index contributed by atoms with van der Waals surface area (Å²) in [5.74, 6) is 0. The van der Waals surface area contributed by atoms with Gasteiger partial charge in [0, 0.05) is 59.7 Å². The van der Waals surface area contributed by atoms with E-state index in [1.165, 1.54) is 58.0 Å². The molecule has 13 heteroatoms. The fourth-order valence-corrected chi connectivity index (χ4v) is 6.93. The van der Waals surface area contributed by atoms with Gasteiger partial charge in [0.25, 0.3) is 0 Å². The first-order valence-corrected chi connectivity index (χ1v) is 18.9. The highest BCUT2D eigenvalue weighted by molar-refractivity contribution is 9.09. The average Bonchev–Trinajstić information content (AvgIpc) is 3.77. The van der Waals surface area contributed by atoms with E-state index in [4.69, 9.17) is 18.6 Å². The second kappa shape index (κ2) is 16.2. The zero-order valence-electron chi connectivity index (χ0n) is 30.9. The van der Waals surface area contributed by atoms with Crippen LogP contribution in [0.25, 0.3) is 0 Å². The van der Waals surface area contributed by atoms with E-state index in [1.807, 2.05) is 38.6 Å². The van der Waals surface area contributed by atoms with Crippen molar-refractivity contribution in [1.82, 2.24) is 29.8 Å².